The number of rotatable bonds is 4. The lowest BCUT2D eigenvalue weighted by molar-refractivity contribution is -0.131. The van der Waals surface area contributed by atoms with E-state index >= 15 is 0 Å². The maximum atomic E-state index is 9.25. The monoisotopic (exact) mass is 290 g/mol. The first kappa shape index (κ1) is 20.0. The summed E-state index contributed by atoms with van der Waals surface area (Å²) in [4.78, 5) is 9.25. The van der Waals surface area contributed by atoms with Crippen LogP contribution in [0.1, 0.15) is 5.56 Å². The molecule has 0 heterocycles. The summed E-state index contributed by atoms with van der Waals surface area (Å²) in [5, 5.41) is 7.60. The van der Waals surface area contributed by atoms with Crippen molar-refractivity contribution in [3.8, 4) is 0 Å². The Labute approximate surface area is 125 Å². The molecule has 1 rings (SSSR count). The Morgan fingerprint density at radius 2 is 1.55 bits per heavy atom. The number of hydrogen-bond donors (Lipinski definition) is 1. The fourth-order valence-corrected chi connectivity index (χ4v) is 0.874. The van der Waals surface area contributed by atoms with Gasteiger partial charge < -0.3 is 5.11 Å². The number of hydrogen-bond acceptors (Lipinski definition) is 1. The van der Waals surface area contributed by atoms with Gasteiger partial charge >= 0.3 is 5.97 Å². The Morgan fingerprint density at radius 1 is 1.05 bits per heavy atom. The number of carboxylic acid groups (broad SMARTS) is 1. The predicted octanol–water partition coefficient (Wildman–Crippen LogP) is 5.07. The van der Waals surface area contributed by atoms with Crippen molar-refractivity contribution in [2.75, 3.05) is 0 Å². The molecule has 0 atom stereocenters. The molecule has 2 nitrogen and oxygen atoms in total. The minimum Gasteiger partial charge on any atom is -0.478 e. The van der Waals surface area contributed by atoms with Gasteiger partial charge in [-0.15, -0.1) is 0 Å². The van der Waals surface area contributed by atoms with E-state index in [0.29, 0.717) is 0 Å². The lowest BCUT2D eigenvalue weighted by Gasteiger charge is -1.87. The smallest absolute Gasteiger partial charge is 0.327 e. The van der Waals surface area contributed by atoms with Crippen molar-refractivity contribution in [2.45, 2.75) is 0 Å². The summed E-state index contributed by atoms with van der Waals surface area (Å²) in [6.07, 6.45) is 10.5. The minimum atomic E-state index is -0.981. The van der Waals surface area contributed by atoms with Crippen molar-refractivity contribution in [3.63, 3.8) is 0 Å². The van der Waals surface area contributed by atoms with Crippen LogP contribution in [-0.4, -0.2) is 11.1 Å². The summed E-state index contributed by atoms with van der Waals surface area (Å²) >= 11 is 4.76. The largest absolute Gasteiger partial charge is 0.478 e. The van der Waals surface area contributed by atoms with Gasteiger partial charge in [-0.25, -0.2) is 4.79 Å². The number of halogens is 1. The number of carboxylic acids is 1. The topological polar surface area (TPSA) is 37.3 Å². The van der Waals surface area contributed by atoms with Gasteiger partial charge in [0.2, 0.25) is 0 Å². The number of carbonyl (C=O) groups is 1. The second-order valence-electron chi connectivity index (χ2n) is 3.09. The van der Waals surface area contributed by atoms with Crippen LogP contribution < -0.4 is 0 Å². The maximum absolute atomic E-state index is 9.25. The second kappa shape index (κ2) is 16.7. The summed E-state index contributed by atoms with van der Waals surface area (Å²) < 4.78 is 0. The van der Waals surface area contributed by atoms with E-state index < -0.39 is 5.97 Å². The van der Waals surface area contributed by atoms with Gasteiger partial charge in [-0.1, -0.05) is 92.0 Å². The first-order valence-electron chi connectivity index (χ1n) is 5.69. The SMILES string of the molecule is C=CC(=O)O.C=CC=CC=Cc1ccccc1.C=CCl. The van der Waals surface area contributed by atoms with Crippen molar-refractivity contribution in [2.24, 2.45) is 0 Å². The molecule has 0 saturated heterocycles. The maximum Gasteiger partial charge on any atom is 0.327 e. The first-order chi connectivity index (χ1) is 9.62. The molecule has 1 aromatic rings. The minimum absolute atomic E-state index is 0.833. The Balaban J connectivity index is 0. The van der Waals surface area contributed by atoms with Crippen LogP contribution in [0.4, 0.5) is 0 Å². The van der Waals surface area contributed by atoms with Crippen LogP contribution in [0.2, 0.25) is 0 Å². The quantitative estimate of drug-likeness (QED) is 0.621. The second-order valence-corrected chi connectivity index (χ2v) is 3.40. The zero-order valence-corrected chi connectivity index (χ0v) is 12.0. The molecule has 20 heavy (non-hydrogen) atoms. The third-order valence-corrected chi connectivity index (χ3v) is 1.62. The van der Waals surface area contributed by atoms with Gasteiger partial charge in [-0.3, -0.25) is 0 Å². The molecule has 0 radical (unpaired) electrons. The summed E-state index contributed by atoms with van der Waals surface area (Å²) in [6, 6.07) is 10.2. The van der Waals surface area contributed by atoms with Crippen molar-refractivity contribution < 1.29 is 9.90 Å². The average molecular weight is 291 g/mol. The molecule has 0 aromatic heterocycles. The van der Waals surface area contributed by atoms with Crippen molar-refractivity contribution in [1.82, 2.24) is 0 Å². The number of allylic oxidation sites excluding steroid dienone is 4. The molecule has 0 aliphatic carbocycles. The van der Waals surface area contributed by atoms with E-state index in [4.69, 9.17) is 16.7 Å². The van der Waals surface area contributed by atoms with Crippen molar-refractivity contribution in [1.29, 1.82) is 0 Å². The van der Waals surface area contributed by atoms with Crippen LogP contribution in [-0.2, 0) is 4.79 Å². The average Bonchev–Trinajstić information content (AvgIpc) is 2.46. The molecule has 0 spiro atoms. The van der Waals surface area contributed by atoms with Crippen molar-refractivity contribution >= 4 is 23.6 Å². The zero-order valence-electron chi connectivity index (χ0n) is 11.3. The van der Waals surface area contributed by atoms with E-state index in [1.165, 1.54) is 11.1 Å². The highest BCUT2D eigenvalue weighted by Crippen LogP contribution is 2.00. The third kappa shape index (κ3) is 18.1. The number of benzene rings is 1. The fourth-order valence-electron chi connectivity index (χ4n) is 0.874. The molecule has 0 saturated carbocycles. The normalized spacial score (nSPS) is 8.85. The first-order valence-corrected chi connectivity index (χ1v) is 6.13. The molecule has 3 heteroatoms. The summed E-state index contributed by atoms with van der Waals surface area (Å²) in [6.45, 7) is 9.67. The van der Waals surface area contributed by atoms with Gasteiger partial charge in [0.15, 0.2) is 0 Å². The van der Waals surface area contributed by atoms with E-state index in [1.807, 2.05) is 36.4 Å². The summed E-state index contributed by atoms with van der Waals surface area (Å²) in [7, 11) is 0. The molecule has 1 aromatic carbocycles. The van der Waals surface area contributed by atoms with E-state index in [9.17, 15) is 4.79 Å². The van der Waals surface area contributed by atoms with Crippen LogP contribution >= 0.6 is 11.6 Å². The highest BCUT2D eigenvalue weighted by atomic mass is 35.5. The molecule has 1 N–H and O–H groups in total. The summed E-state index contributed by atoms with van der Waals surface area (Å²) in [5.74, 6) is -0.981. The van der Waals surface area contributed by atoms with E-state index in [1.54, 1.807) is 6.08 Å². The fraction of sp³-hybridized carbons (Fsp3) is 0. The third-order valence-electron chi connectivity index (χ3n) is 1.62. The van der Waals surface area contributed by atoms with Gasteiger partial charge in [0.1, 0.15) is 0 Å². The van der Waals surface area contributed by atoms with Gasteiger partial charge in [0.25, 0.3) is 0 Å². The Hall–Kier alpha value is -2.32. The van der Waals surface area contributed by atoms with Crippen LogP contribution in [0.25, 0.3) is 6.08 Å². The Kier molecular flexibility index (Phi) is 16.7. The van der Waals surface area contributed by atoms with E-state index in [-0.39, 0.29) is 0 Å². The standard InChI is InChI=1S/C12H12.C3H4O2.C2H3Cl/c1-2-3-4-6-9-12-10-7-5-8-11-12;1-2-3(4)5;1-2-3/h2-11H,1H2;2H,1H2,(H,4,5);2H,1H2. The van der Waals surface area contributed by atoms with E-state index in [2.05, 4.69) is 37.9 Å². The highest BCUT2D eigenvalue weighted by Gasteiger charge is 1.78. The van der Waals surface area contributed by atoms with Crippen LogP contribution in [0.5, 0.6) is 0 Å². The number of aliphatic carboxylic acids is 1. The molecule has 0 fully saturated rings. The van der Waals surface area contributed by atoms with Gasteiger partial charge in [-0.05, 0) is 11.1 Å². The van der Waals surface area contributed by atoms with Gasteiger partial charge in [0, 0.05) is 6.08 Å². The predicted molar refractivity (Wildman–Crippen MR) is 88.7 cm³/mol. The molecule has 0 aliphatic heterocycles. The van der Waals surface area contributed by atoms with Crippen LogP contribution in [0.15, 0.2) is 86.0 Å². The Bertz CT molecular complexity index is 445. The highest BCUT2D eigenvalue weighted by molar-refractivity contribution is 6.25. The van der Waals surface area contributed by atoms with Crippen molar-refractivity contribution in [3.05, 3.63) is 91.5 Å². The lowest BCUT2D eigenvalue weighted by Crippen LogP contribution is -1.82. The molecular formula is C17H19ClO2. The lowest BCUT2D eigenvalue weighted by atomic mass is 10.2. The summed E-state index contributed by atoms with van der Waals surface area (Å²) in [5.41, 5.74) is 2.44. The van der Waals surface area contributed by atoms with Crippen LogP contribution in [0.3, 0.4) is 0 Å². The molecule has 0 unspecified atom stereocenters. The molecule has 0 aliphatic rings. The molecule has 0 amide bonds. The van der Waals surface area contributed by atoms with Gasteiger partial charge in [0.05, 0.1) is 0 Å². The van der Waals surface area contributed by atoms with E-state index in [0.717, 1.165) is 6.08 Å². The van der Waals surface area contributed by atoms with Crippen LogP contribution in [0, 0.1) is 0 Å². The zero-order chi connectivity index (χ0) is 15.6. The van der Waals surface area contributed by atoms with Gasteiger partial charge in [-0.2, -0.15) is 0 Å². The molecular weight excluding hydrogens is 272 g/mol. The Morgan fingerprint density at radius 3 is 1.95 bits per heavy atom. The molecule has 0 bridgehead atoms. The molecule has 106 valence electrons.